The molecule has 7 nitrogen and oxygen atoms in total. The molecule has 148 valence electrons. The highest BCUT2D eigenvalue weighted by molar-refractivity contribution is 6.28. The van der Waals surface area contributed by atoms with Gasteiger partial charge in [0.05, 0.1) is 0 Å². The van der Waals surface area contributed by atoms with Gasteiger partial charge in [-0.05, 0) is 55.3 Å². The third kappa shape index (κ3) is 3.82. The second-order valence-electron chi connectivity index (χ2n) is 6.99. The number of furan rings is 1. The predicted octanol–water partition coefficient (Wildman–Crippen LogP) is 4.28. The molecule has 0 bridgehead atoms. The minimum absolute atomic E-state index is 0.0128. The fourth-order valence-corrected chi connectivity index (χ4v) is 3.25. The first-order chi connectivity index (χ1) is 13.9. The Morgan fingerprint density at radius 2 is 1.97 bits per heavy atom. The molecule has 0 aliphatic carbocycles. The van der Waals surface area contributed by atoms with Crippen molar-refractivity contribution in [2.24, 2.45) is 0 Å². The van der Waals surface area contributed by atoms with Gasteiger partial charge in [0.1, 0.15) is 5.82 Å². The average Bonchev–Trinajstić information content (AvgIpc) is 3.32. The number of nitrogen functional groups attached to an aromatic ring is 1. The van der Waals surface area contributed by atoms with Crippen LogP contribution in [0.3, 0.4) is 0 Å². The second-order valence-corrected chi connectivity index (χ2v) is 7.36. The molecule has 0 atom stereocenters. The monoisotopic (exact) mass is 409 g/mol. The minimum Gasteiger partial charge on any atom is -0.441 e. The summed E-state index contributed by atoms with van der Waals surface area (Å²) in [7, 11) is 0. The smallest absolute Gasteiger partial charge is 0.254 e. The molecular weight excluding hydrogens is 390 g/mol. The lowest BCUT2D eigenvalue weighted by atomic mass is 10.1. The van der Waals surface area contributed by atoms with Gasteiger partial charge in [-0.25, -0.2) is 4.98 Å². The predicted molar refractivity (Wildman–Crippen MR) is 112 cm³/mol. The number of amides is 1. The number of carbonyl (C=O) groups is 1. The molecular formula is C21H20ClN5O2. The van der Waals surface area contributed by atoms with E-state index in [4.69, 9.17) is 21.8 Å². The molecule has 0 spiro atoms. The van der Waals surface area contributed by atoms with Crippen LogP contribution in [0.2, 0.25) is 5.22 Å². The van der Waals surface area contributed by atoms with Gasteiger partial charge in [-0.2, -0.15) is 4.52 Å². The number of benzene rings is 1. The highest BCUT2D eigenvalue weighted by Gasteiger charge is 2.21. The molecule has 1 amide bonds. The number of rotatable bonds is 5. The molecule has 4 rings (SSSR count). The van der Waals surface area contributed by atoms with Crippen molar-refractivity contribution in [3.63, 3.8) is 0 Å². The molecule has 0 radical (unpaired) electrons. The minimum atomic E-state index is -0.122. The summed E-state index contributed by atoms with van der Waals surface area (Å²) in [4.78, 5) is 19.5. The number of hydrogen-bond acceptors (Lipinski definition) is 5. The number of hydrogen-bond donors (Lipinski definition) is 1. The molecule has 8 heteroatoms. The lowest BCUT2D eigenvalue weighted by Gasteiger charge is -2.27. The van der Waals surface area contributed by atoms with Crippen molar-refractivity contribution in [3.05, 3.63) is 70.9 Å². The van der Waals surface area contributed by atoms with Crippen LogP contribution in [0.5, 0.6) is 0 Å². The standard InChI is InChI=1S/C21H20ClN5O2/c1-13(2)26(12-14-6-4-3-5-7-14)21(28)15-10-18(23)27-19(11-15)24-20(25-27)16-8-9-17(22)29-16/h3-11,13H,12,23H2,1-2H3. The summed E-state index contributed by atoms with van der Waals surface area (Å²) >= 11 is 5.83. The van der Waals surface area contributed by atoms with Crippen LogP contribution in [0.4, 0.5) is 5.82 Å². The number of halogens is 1. The van der Waals surface area contributed by atoms with Crippen molar-refractivity contribution in [2.75, 3.05) is 5.73 Å². The van der Waals surface area contributed by atoms with Gasteiger partial charge in [-0.15, -0.1) is 5.10 Å². The van der Waals surface area contributed by atoms with E-state index in [1.807, 2.05) is 44.2 Å². The maximum atomic E-state index is 13.2. The zero-order chi connectivity index (χ0) is 20.5. The normalized spacial score (nSPS) is 11.3. The van der Waals surface area contributed by atoms with Gasteiger partial charge in [-0.1, -0.05) is 30.3 Å². The Balaban J connectivity index is 1.69. The molecule has 3 aromatic heterocycles. The van der Waals surface area contributed by atoms with Gasteiger partial charge in [0, 0.05) is 18.2 Å². The number of fused-ring (bicyclic) bond motifs is 1. The first-order valence-corrected chi connectivity index (χ1v) is 9.57. The van der Waals surface area contributed by atoms with Crippen molar-refractivity contribution in [1.82, 2.24) is 19.5 Å². The molecule has 29 heavy (non-hydrogen) atoms. The van der Waals surface area contributed by atoms with Crippen LogP contribution in [0.15, 0.2) is 59.0 Å². The van der Waals surface area contributed by atoms with E-state index in [0.29, 0.717) is 35.2 Å². The molecule has 0 saturated heterocycles. The topological polar surface area (TPSA) is 89.7 Å². The van der Waals surface area contributed by atoms with E-state index in [1.54, 1.807) is 29.2 Å². The molecule has 2 N–H and O–H groups in total. The summed E-state index contributed by atoms with van der Waals surface area (Å²) in [5.41, 5.74) is 8.12. The van der Waals surface area contributed by atoms with Gasteiger partial charge < -0.3 is 15.1 Å². The lowest BCUT2D eigenvalue weighted by Crippen LogP contribution is -2.36. The van der Waals surface area contributed by atoms with Crippen LogP contribution in [0.25, 0.3) is 17.2 Å². The Kier molecular flexibility index (Phi) is 4.98. The number of aromatic nitrogens is 3. The van der Waals surface area contributed by atoms with Gasteiger partial charge in [0.15, 0.2) is 16.6 Å². The molecule has 4 aromatic rings. The molecule has 0 unspecified atom stereocenters. The molecule has 1 aromatic carbocycles. The van der Waals surface area contributed by atoms with Gasteiger partial charge in [0.2, 0.25) is 5.82 Å². The van der Waals surface area contributed by atoms with Crippen LogP contribution in [0, 0.1) is 0 Å². The summed E-state index contributed by atoms with van der Waals surface area (Å²) in [6.45, 7) is 4.47. The van der Waals surface area contributed by atoms with Crippen molar-refractivity contribution in [3.8, 4) is 11.6 Å². The summed E-state index contributed by atoms with van der Waals surface area (Å²) in [5, 5.41) is 4.59. The van der Waals surface area contributed by atoms with Crippen molar-refractivity contribution >= 4 is 29.0 Å². The van der Waals surface area contributed by atoms with E-state index in [-0.39, 0.29) is 17.2 Å². The zero-order valence-electron chi connectivity index (χ0n) is 16.0. The van der Waals surface area contributed by atoms with E-state index in [0.717, 1.165) is 5.56 Å². The van der Waals surface area contributed by atoms with E-state index < -0.39 is 0 Å². The maximum Gasteiger partial charge on any atom is 0.254 e. The van der Waals surface area contributed by atoms with E-state index in [9.17, 15) is 4.79 Å². The quantitative estimate of drug-likeness (QED) is 0.531. The first-order valence-electron chi connectivity index (χ1n) is 9.19. The van der Waals surface area contributed by atoms with Crippen molar-refractivity contribution in [1.29, 1.82) is 0 Å². The highest BCUT2D eigenvalue weighted by Crippen LogP contribution is 2.24. The Hall–Kier alpha value is -3.32. The molecule has 0 aliphatic rings. The van der Waals surface area contributed by atoms with Gasteiger partial charge >= 0.3 is 0 Å². The average molecular weight is 410 g/mol. The number of nitrogens with zero attached hydrogens (tertiary/aromatic N) is 4. The Morgan fingerprint density at radius 1 is 1.21 bits per heavy atom. The second kappa shape index (κ2) is 7.60. The van der Waals surface area contributed by atoms with E-state index in [2.05, 4.69) is 10.1 Å². The van der Waals surface area contributed by atoms with Crippen LogP contribution >= 0.6 is 11.6 Å². The van der Waals surface area contributed by atoms with Gasteiger partial charge in [0.25, 0.3) is 5.91 Å². The van der Waals surface area contributed by atoms with Gasteiger partial charge in [-0.3, -0.25) is 4.79 Å². The maximum absolute atomic E-state index is 13.2. The van der Waals surface area contributed by atoms with Crippen LogP contribution in [-0.2, 0) is 6.54 Å². The number of nitrogens with two attached hydrogens (primary N) is 1. The molecule has 0 aliphatic heterocycles. The summed E-state index contributed by atoms with van der Waals surface area (Å²) in [6.07, 6.45) is 0. The van der Waals surface area contributed by atoms with Crippen LogP contribution in [-0.4, -0.2) is 31.4 Å². The first kappa shape index (κ1) is 19.0. The third-order valence-electron chi connectivity index (χ3n) is 4.59. The highest BCUT2D eigenvalue weighted by atomic mass is 35.5. The summed E-state index contributed by atoms with van der Waals surface area (Å²) in [6, 6.07) is 16.5. The van der Waals surface area contributed by atoms with Crippen LogP contribution in [0.1, 0.15) is 29.8 Å². The SMILES string of the molecule is CC(C)N(Cc1ccccc1)C(=O)c1cc(N)n2nc(-c3ccc(Cl)o3)nc2c1. The van der Waals surface area contributed by atoms with Crippen LogP contribution < -0.4 is 5.73 Å². The molecule has 0 saturated carbocycles. The summed E-state index contributed by atoms with van der Waals surface area (Å²) < 4.78 is 6.84. The van der Waals surface area contributed by atoms with Crippen molar-refractivity contribution in [2.45, 2.75) is 26.4 Å². The fourth-order valence-electron chi connectivity index (χ4n) is 3.11. The Labute approximate surface area is 172 Å². The van der Waals surface area contributed by atoms with E-state index >= 15 is 0 Å². The third-order valence-corrected chi connectivity index (χ3v) is 4.79. The fraction of sp³-hybridized carbons (Fsp3) is 0.190. The number of anilines is 1. The number of pyridine rings is 1. The van der Waals surface area contributed by atoms with E-state index in [1.165, 1.54) is 4.52 Å². The molecule has 0 fully saturated rings. The molecule has 3 heterocycles. The summed E-state index contributed by atoms with van der Waals surface area (Å²) in [5.74, 6) is 0.964. The Morgan fingerprint density at radius 3 is 2.62 bits per heavy atom. The zero-order valence-corrected chi connectivity index (χ0v) is 16.8. The lowest BCUT2D eigenvalue weighted by molar-refractivity contribution is 0.0690. The Bertz CT molecular complexity index is 1170. The number of carbonyl (C=O) groups excluding carboxylic acids is 1. The largest absolute Gasteiger partial charge is 0.441 e. The van der Waals surface area contributed by atoms with Crippen molar-refractivity contribution < 1.29 is 9.21 Å².